The molecule has 7 heteroatoms. The Balaban J connectivity index is 2.09. The molecule has 1 aliphatic heterocycles. The molecule has 19 heavy (non-hydrogen) atoms. The second-order valence-electron chi connectivity index (χ2n) is 4.69. The van der Waals surface area contributed by atoms with Crippen LogP contribution in [0.5, 0.6) is 5.88 Å². The van der Waals surface area contributed by atoms with Crippen molar-refractivity contribution in [2.24, 2.45) is 5.84 Å². The second kappa shape index (κ2) is 6.40. The molecule has 3 N–H and O–H groups in total. The van der Waals surface area contributed by atoms with Crippen LogP contribution in [-0.4, -0.2) is 34.5 Å². The molecule has 1 aliphatic rings. The molecule has 1 saturated heterocycles. The minimum atomic E-state index is 0.119. The molecule has 1 fully saturated rings. The molecule has 1 aromatic rings. The molecular formula is C12H20N4O2S. The van der Waals surface area contributed by atoms with Crippen molar-refractivity contribution < 1.29 is 9.47 Å². The fraction of sp³-hybridized carbons (Fsp3) is 0.667. The Kier molecular flexibility index (Phi) is 4.84. The van der Waals surface area contributed by atoms with E-state index in [0.29, 0.717) is 16.9 Å². The van der Waals surface area contributed by atoms with Crippen LogP contribution in [0.2, 0.25) is 0 Å². The van der Waals surface area contributed by atoms with Gasteiger partial charge in [-0.2, -0.15) is 4.98 Å². The van der Waals surface area contributed by atoms with E-state index in [9.17, 15) is 0 Å². The van der Waals surface area contributed by atoms with Gasteiger partial charge in [0.25, 0.3) is 0 Å². The summed E-state index contributed by atoms with van der Waals surface area (Å²) in [5.41, 5.74) is 2.53. The van der Waals surface area contributed by atoms with Gasteiger partial charge in [-0.05, 0) is 20.1 Å². The van der Waals surface area contributed by atoms with Crippen molar-refractivity contribution in [2.75, 3.05) is 11.7 Å². The molecule has 0 spiro atoms. The van der Waals surface area contributed by atoms with Gasteiger partial charge < -0.3 is 14.9 Å². The average Bonchev–Trinajstić information content (AvgIpc) is 2.37. The topological polar surface area (TPSA) is 82.3 Å². The van der Waals surface area contributed by atoms with Crippen LogP contribution in [0.15, 0.2) is 11.2 Å². The summed E-state index contributed by atoms with van der Waals surface area (Å²) in [6.07, 6.45) is 4.19. The van der Waals surface area contributed by atoms with Gasteiger partial charge >= 0.3 is 0 Å². The number of hydrogen-bond donors (Lipinski definition) is 2. The van der Waals surface area contributed by atoms with Crippen LogP contribution >= 0.6 is 11.8 Å². The van der Waals surface area contributed by atoms with Gasteiger partial charge in [-0.1, -0.05) is 11.8 Å². The minimum Gasteiger partial charge on any atom is -0.474 e. The number of nitrogen functional groups attached to an aromatic ring is 1. The zero-order chi connectivity index (χ0) is 13.8. The van der Waals surface area contributed by atoms with Crippen LogP contribution in [0.3, 0.4) is 0 Å². The highest BCUT2D eigenvalue weighted by molar-refractivity contribution is 7.98. The highest BCUT2D eigenvalue weighted by Gasteiger charge is 2.26. The van der Waals surface area contributed by atoms with E-state index in [1.54, 1.807) is 6.07 Å². The van der Waals surface area contributed by atoms with E-state index in [0.717, 1.165) is 12.8 Å². The zero-order valence-corrected chi connectivity index (χ0v) is 12.2. The fourth-order valence-corrected chi connectivity index (χ4v) is 2.61. The van der Waals surface area contributed by atoms with Gasteiger partial charge in [-0.25, -0.2) is 10.8 Å². The number of anilines is 1. The van der Waals surface area contributed by atoms with E-state index in [1.165, 1.54) is 11.8 Å². The van der Waals surface area contributed by atoms with Crippen LogP contribution in [0.4, 0.5) is 5.82 Å². The van der Waals surface area contributed by atoms with Gasteiger partial charge in [0.05, 0.1) is 12.2 Å². The summed E-state index contributed by atoms with van der Waals surface area (Å²) in [4.78, 5) is 8.54. The Morgan fingerprint density at radius 2 is 2.05 bits per heavy atom. The molecule has 2 heterocycles. The standard InChI is InChI=1S/C12H20N4O2S/c1-7-4-9(5-8(2)17-7)18-11-6-10(16-13)14-12(15-11)19-3/h6-9H,4-5,13H2,1-3H3,(H,14,15,16). The quantitative estimate of drug-likeness (QED) is 0.377. The van der Waals surface area contributed by atoms with Gasteiger partial charge in [-0.3, -0.25) is 0 Å². The number of nitrogens with one attached hydrogen (secondary N) is 1. The van der Waals surface area contributed by atoms with Crippen molar-refractivity contribution in [3.8, 4) is 5.88 Å². The monoisotopic (exact) mass is 284 g/mol. The molecule has 0 amide bonds. The van der Waals surface area contributed by atoms with E-state index in [-0.39, 0.29) is 18.3 Å². The molecule has 2 rings (SSSR count). The van der Waals surface area contributed by atoms with E-state index >= 15 is 0 Å². The Morgan fingerprint density at radius 3 is 2.63 bits per heavy atom. The Bertz CT molecular complexity index is 400. The molecule has 2 unspecified atom stereocenters. The smallest absolute Gasteiger partial charge is 0.219 e. The summed E-state index contributed by atoms with van der Waals surface area (Å²) >= 11 is 1.45. The van der Waals surface area contributed by atoms with Crippen molar-refractivity contribution >= 4 is 17.6 Å². The fourth-order valence-electron chi connectivity index (χ4n) is 2.24. The lowest BCUT2D eigenvalue weighted by atomic mass is 10.0. The van der Waals surface area contributed by atoms with Crippen molar-refractivity contribution in [3.63, 3.8) is 0 Å². The Morgan fingerprint density at radius 1 is 1.37 bits per heavy atom. The summed E-state index contributed by atoms with van der Waals surface area (Å²) in [5, 5.41) is 0.638. The summed E-state index contributed by atoms with van der Waals surface area (Å²) in [7, 11) is 0. The van der Waals surface area contributed by atoms with Crippen LogP contribution in [-0.2, 0) is 4.74 Å². The molecule has 0 radical (unpaired) electrons. The maximum atomic E-state index is 5.94. The summed E-state index contributed by atoms with van der Waals surface area (Å²) in [5.74, 6) is 6.51. The van der Waals surface area contributed by atoms with E-state index in [4.69, 9.17) is 15.3 Å². The molecule has 0 bridgehead atoms. The van der Waals surface area contributed by atoms with Crippen LogP contribution in [0.25, 0.3) is 0 Å². The highest BCUT2D eigenvalue weighted by Crippen LogP contribution is 2.25. The Labute approximate surface area is 117 Å². The summed E-state index contributed by atoms with van der Waals surface area (Å²) in [6, 6.07) is 1.71. The lowest BCUT2D eigenvalue weighted by molar-refractivity contribution is -0.0730. The van der Waals surface area contributed by atoms with Gasteiger partial charge in [0.15, 0.2) is 5.16 Å². The van der Waals surface area contributed by atoms with Crippen LogP contribution < -0.4 is 16.0 Å². The molecule has 0 aliphatic carbocycles. The van der Waals surface area contributed by atoms with Crippen LogP contribution in [0, 0.1) is 0 Å². The number of thioether (sulfide) groups is 1. The molecule has 0 aromatic carbocycles. The normalized spacial score (nSPS) is 27.1. The van der Waals surface area contributed by atoms with Gasteiger partial charge in [0.2, 0.25) is 5.88 Å². The van der Waals surface area contributed by atoms with Crippen molar-refractivity contribution in [1.29, 1.82) is 0 Å². The highest BCUT2D eigenvalue weighted by atomic mass is 32.2. The van der Waals surface area contributed by atoms with Crippen molar-refractivity contribution in [2.45, 2.75) is 50.2 Å². The number of nitrogens with zero attached hydrogens (tertiary/aromatic N) is 2. The SMILES string of the molecule is CSc1nc(NN)cc(OC2CC(C)OC(C)C2)n1. The predicted octanol–water partition coefficient (Wildman–Crippen LogP) is 1.82. The number of nitrogens with two attached hydrogens (primary N) is 1. The zero-order valence-electron chi connectivity index (χ0n) is 11.4. The number of ether oxygens (including phenoxy) is 2. The van der Waals surface area contributed by atoms with E-state index in [1.807, 2.05) is 6.26 Å². The average molecular weight is 284 g/mol. The predicted molar refractivity (Wildman–Crippen MR) is 75.3 cm³/mol. The van der Waals surface area contributed by atoms with Gasteiger partial charge in [0, 0.05) is 18.9 Å². The lowest BCUT2D eigenvalue weighted by Crippen LogP contribution is -2.35. The number of hydrogen-bond acceptors (Lipinski definition) is 7. The third kappa shape index (κ3) is 3.95. The third-order valence-corrected chi connectivity index (χ3v) is 3.50. The molecule has 106 valence electrons. The molecular weight excluding hydrogens is 264 g/mol. The maximum Gasteiger partial charge on any atom is 0.219 e. The molecule has 1 aromatic heterocycles. The first kappa shape index (κ1) is 14.4. The van der Waals surface area contributed by atoms with Crippen molar-refractivity contribution in [3.05, 3.63) is 6.07 Å². The summed E-state index contributed by atoms with van der Waals surface area (Å²) in [6.45, 7) is 4.12. The maximum absolute atomic E-state index is 5.94. The lowest BCUT2D eigenvalue weighted by Gasteiger charge is -2.31. The molecule has 0 saturated carbocycles. The van der Waals surface area contributed by atoms with Gasteiger partial charge in [-0.15, -0.1) is 0 Å². The number of rotatable bonds is 4. The Hall–Kier alpha value is -1.05. The van der Waals surface area contributed by atoms with Crippen LogP contribution in [0.1, 0.15) is 26.7 Å². The van der Waals surface area contributed by atoms with Gasteiger partial charge in [0.1, 0.15) is 11.9 Å². The first-order valence-corrected chi connectivity index (χ1v) is 7.55. The minimum absolute atomic E-state index is 0.119. The summed E-state index contributed by atoms with van der Waals surface area (Å²) < 4.78 is 11.6. The van der Waals surface area contributed by atoms with E-state index < -0.39 is 0 Å². The van der Waals surface area contributed by atoms with Crippen molar-refractivity contribution in [1.82, 2.24) is 9.97 Å². The first-order chi connectivity index (χ1) is 9.10. The number of aromatic nitrogens is 2. The molecule has 6 nitrogen and oxygen atoms in total. The van der Waals surface area contributed by atoms with E-state index in [2.05, 4.69) is 29.2 Å². The second-order valence-corrected chi connectivity index (χ2v) is 5.46. The number of hydrazine groups is 1. The first-order valence-electron chi connectivity index (χ1n) is 6.32. The molecule has 2 atom stereocenters. The third-order valence-electron chi connectivity index (χ3n) is 2.95. The largest absolute Gasteiger partial charge is 0.474 e.